The summed E-state index contributed by atoms with van der Waals surface area (Å²) < 4.78 is 0. The van der Waals surface area contributed by atoms with E-state index < -0.39 is 0 Å². The lowest BCUT2D eigenvalue weighted by molar-refractivity contribution is 0.285. The van der Waals surface area contributed by atoms with Gasteiger partial charge in [-0.15, -0.1) is 0 Å². The van der Waals surface area contributed by atoms with Gasteiger partial charge in [0.15, 0.2) is 0 Å². The molecule has 0 amide bonds. The highest BCUT2D eigenvalue weighted by Crippen LogP contribution is 2.17. The van der Waals surface area contributed by atoms with Crippen LogP contribution in [0.1, 0.15) is 18.0 Å². The van der Waals surface area contributed by atoms with Crippen LogP contribution in [-0.2, 0) is 0 Å². The minimum Gasteiger partial charge on any atom is -0.396 e. The molecule has 1 aliphatic rings. The highest BCUT2D eigenvalue weighted by Gasteiger charge is 2.26. The fourth-order valence-corrected chi connectivity index (χ4v) is 2.00. The molecule has 0 bridgehead atoms. The molecule has 1 heterocycles. The van der Waals surface area contributed by atoms with E-state index in [2.05, 4.69) is 33.8 Å². The monoisotopic (exact) mass is 236 g/mol. The Hall–Kier alpha value is -0.980. The third-order valence-electron chi connectivity index (χ3n) is 2.92. The number of hydrogen-bond acceptors (Lipinski definition) is 5. The van der Waals surface area contributed by atoms with Crippen molar-refractivity contribution in [3.63, 3.8) is 0 Å². The standard InChI is InChI=1S/C12H20N4O/c17-8-4-7-13-9-11-12(15-16-14-11)10-5-2-1-3-6-10/h1-3,5-6,11-17H,4,7-9H2. The quantitative estimate of drug-likeness (QED) is 0.438. The van der Waals surface area contributed by atoms with Crippen molar-refractivity contribution < 1.29 is 5.11 Å². The van der Waals surface area contributed by atoms with Crippen molar-refractivity contribution >= 4 is 0 Å². The Kier molecular flexibility index (Phi) is 4.90. The predicted molar refractivity (Wildman–Crippen MR) is 67.0 cm³/mol. The Morgan fingerprint density at radius 2 is 2.00 bits per heavy atom. The smallest absolute Gasteiger partial charge is 0.0655 e. The van der Waals surface area contributed by atoms with Crippen LogP contribution in [0.3, 0.4) is 0 Å². The summed E-state index contributed by atoms with van der Waals surface area (Å²) in [6.07, 6.45) is 0.795. The third-order valence-corrected chi connectivity index (χ3v) is 2.92. The molecule has 5 N–H and O–H groups in total. The van der Waals surface area contributed by atoms with Crippen LogP contribution in [0.2, 0.25) is 0 Å². The number of aliphatic hydroxyl groups excluding tert-OH is 1. The average molecular weight is 236 g/mol. The first-order chi connectivity index (χ1) is 8.42. The van der Waals surface area contributed by atoms with Gasteiger partial charge in [0, 0.05) is 13.2 Å². The van der Waals surface area contributed by atoms with Gasteiger partial charge < -0.3 is 10.4 Å². The maximum Gasteiger partial charge on any atom is 0.0655 e. The predicted octanol–water partition coefficient (Wildman–Crippen LogP) is -0.319. The van der Waals surface area contributed by atoms with Gasteiger partial charge in [0.1, 0.15) is 0 Å². The minimum absolute atomic E-state index is 0.240. The first-order valence-corrected chi connectivity index (χ1v) is 6.04. The van der Waals surface area contributed by atoms with Crippen molar-refractivity contribution in [1.29, 1.82) is 0 Å². The fourth-order valence-electron chi connectivity index (χ4n) is 2.00. The van der Waals surface area contributed by atoms with E-state index in [0.29, 0.717) is 6.04 Å². The molecule has 1 saturated heterocycles. The molecule has 0 aromatic heterocycles. The summed E-state index contributed by atoms with van der Waals surface area (Å²) in [5.41, 5.74) is 10.6. The molecule has 1 fully saturated rings. The van der Waals surface area contributed by atoms with Gasteiger partial charge >= 0.3 is 0 Å². The number of benzene rings is 1. The second kappa shape index (κ2) is 6.68. The number of hydrogen-bond donors (Lipinski definition) is 5. The van der Waals surface area contributed by atoms with E-state index in [1.807, 2.05) is 18.2 Å². The Balaban J connectivity index is 1.85. The summed E-state index contributed by atoms with van der Waals surface area (Å²) >= 11 is 0. The van der Waals surface area contributed by atoms with Crippen molar-refractivity contribution in [1.82, 2.24) is 21.7 Å². The zero-order chi connectivity index (χ0) is 11.9. The van der Waals surface area contributed by atoms with E-state index in [1.165, 1.54) is 5.56 Å². The average Bonchev–Trinajstić information content (AvgIpc) is 2.84. The van der Waals surface area contributed by atoms with E-state index in [-0.39, 0.29) is 12.6 Å². The Morgan fingerprint density at radius 3 is 2.76 bits per heavy atom. The summed E-state index contributed by atoms with van der Waals surface area (Å²) in [7, 11) is 0. The molecular weight excluding hydrogens is 216 g/mol. The van der Waals surface area contributed by atoms with Crippen LogP contribution in [0.4, 0.5) is 0 Å². The molecule has 2 unspecified atom stereocenters. The third kappa shape index (κ3) is 3.49. The van der Waals surface area contributed by atoms with Gasteiger partial charge in [0.25, 0.3) is 0 Å². The zero-order valence-corrected chi connectivity index (χ0v) is 9.82. The highest BCUT2D eigenvalue weighted by molar-refractivity contribution is 5.21. The van der Waals surface area contributed by atoms with Crippen LogP contribution in [0, 0.1) is 0 Å². The van der Waals surface area contributed by atoms with Gasteiger partial charge in [0.05, 0.1) is 12.1 Å². The normalized spacial score (nSPS) is 24.1. The Morgan fingerprint density at radius 1 is 1.18 bits per heavy atom. The molecule has 0 aliphatic carbocycles. The molecular formula is C12H20N4O. The zero-order valence-electron chi connectivity index (χ0n) is 9.82. The molecule has 2 atom stereocenters. The molecule has 0 saturated carbocycles. The highest BCUT2D eigenvalue weighted by atomic mass is 16.3. The topological polar surface area (TPSA) is 68.3 Å². The fraction of sp³-hybridized carbons (Fsp3) is 0.500. The first-order valence-electron chi connectivity index (χ1n) is 6.04. The van der Waals surface area contributed by atoms with Crippen LogP contribution in [-0.4, -0.2) is 30.8 Å². The molecule has 94 valence electrons. The lowest BCUT2D eigenvalue weighted by Gasteiger charge is -2.18. The number of nitrogens with one attached hydrogen (secondary N) is 4. The lowest BCUT2D eigenvalue weighted by atomic mass is 10.0. The first kappa shape index (κ1) is 12.5. The summed E-state index contributed by atoms with van der Waals surface area (Å²) in [5.74, 6) is 0. The van der Waals surface area contributed by atoms with Gasteiger partial charge in [-0.2, -0.15) is 5.53 Å². The van der Waals surface area contributed by atoms with E-state index >= 15 is 0 Å². The van der Waals surface area contributed by atoms with E-state index in [9.17, 15) is 0 Å². The molecule has 5 heteroatoms. The van der Waals surface area contributed by atoms with Crippen LogP contribution in [0.15, 0.2) is 30.3 Å². The lowest BCUT2D eigenvalue weighted by Crippen LogP contribution is -2.40. The van der Waals surface area contributed by atoms with E-state index in [0.717, 1.165) is 19.5 Å². The van der Waals surface area contributed by atoms with Gasteiger partial charge in [-0.3, -0.25) is 0 Å². The molecule has 1 aromatic carbocycles. The van der Waals surface area contributed by atoms with E-state index in [1.54, 1.807) is 0 Å². The Bertz CT molecular complexity index is 320. The summed E-state index contributed by atoms with van der Waals surface area (Å²) in [5, 5.41) is 12.0. The molecule has 2 rings (SSSR count). The maximum atomic E-state index is 8.71. The molecule has 1 aliphatic heterocycles. The number of hydrazine groups is 2. The summed E-state index contributed by atoms with van der Waals surface area (Å²) in [6, 6.07) is 10.9. The van der Waals surface area contributed by atoms with Crippen molar-refractivity contribution in [3.8, 4) is 0 Å². The SMILES string of the molecule is OCCCNCC1NNNC1c1ccccc1. The Labute approximate surface area is 102 Å². The second-order valence-corrected chi connectivity index (χ2v) is 4.19. The van der Waals surface area contributed by atoms with Gasteiger partial charge in [-0.1, -0.05) is 30.3 Å². The van der Waals surface area contributed by atoms with Crippen molar-refractivity contribution in [3.05, 3.63) is 35.9 Å². The van der Waals surface area contributed by atoms with Crippen LogP contribution < -0.4 is 21.7 Å². The number of rotatable bonds is 6. The summed E-state index contributed by atoms with van der Waals surface area (Å²) in [6.45, 7) is 1.94. The van der Waals surface area contributed by atoms with E-state index in [4.69, 9.17) is 5.11 Å². The van der Waals surface area contributed by atoms with Gasteiger partial charge in [-0.05, 0) is 18.5 Å². The second-order valence-electron chi connectivity index (χ2n) is 4.19. The largest absolute Gasteiger partial charge is 0.396 e. The van der Waals surface area contributed by atoms with Crippen LogP contribution in [0.25, 0.3) is 0 Å². The van der Waals surface area contributed by atoms with Crippen molar-refractivity contribution in [2.75, 3.05) is 19.7 Å². The molecule has 5 nitrogen and oxygen atoms in total. The molecule has 0 radical (unpaired) electrons. The van der Waals surface area contributed by atoms with Crippen molar-refractivity contribution in [2.24, 2.45) is 0 Å². The number of aliphatic hydroxyl groups is 1. The van der Waals surface area contributed by atoms with Crippen LogP contribution in [0.5, 0.6) is 0 Å². The molecule has 1 aromatic rings. The molecule has 17 heavy (non-hydrogen) atoms. The van der Waals surface area contributed by atoms with Gasteiger partial charge in [-0.25, -0.2) is 10.9 Å². The van der Waals surface area contributed by atoms with Gasteiger partial charge in [0.2, 0.25) is 0 Å². The molecule has 0 spiro atoms. The maximum absolute atomic E-state index is 8.71. The minimum atomic E-state index is 0.240. The summed E-state index contributed by atoms with van der Waals surface area (Å²) in [4.78, 5) is 0. The van der Waals surface area contributed by atoms with Crippen molar-refractivity contribution in [2.45, 2.75) is 18.5 Å². The van der Waals surface area contributed by atoms with Crippen LogP contribution >= 0.6 is 0 Å².